The highest BCUT2D eigenvalue weighted by Crippen LogP contribution is 2.46. The van der Waals surface area contributed by atoms with E-state index in [1.165, 1.54) is 13.2 Å². The average molecular weight is 746 g/mol. The van der Waals surface area contributed by atoms with Crippen molar-refractivity contribution in [2.45, 2.75) is 96.4 Å². The van der Waals surface area contributed by atoms with Gasteiger partial charge in [0.25, 0.3) is 0 Å². The first kappa shape index (κ1) is 38.9. The fourth-order valence-electron chi connectivity index (χ4n) is 8.34. The number of β-amino-alcohol motifs (C(OH)–C–C–N with tert-alkyl or cyclic N) is 1. The lowest BCUT2D eigenvalue weighted by Gasteiger charge is -2.38. The van der Waals surface area contributed by atoms with Crippen LogP contribution >= 0.6 is 0 Å². The summed E-state index contributed by atoms with van der Waals surface area (Å²) >= 11 is 0. The molecular formula is C42H53F2N3O5Si. The SMILES string of the molecule is COCOc1cc(-c2ccc3c(N4CCCC(C)(O)C4)nc(OCC4(CO)CC4)nc3c2F)c2c(C#C[Si](C(C)C)(C(C)C)C(C)C)c(F)ccc2c1. The highest BCUT2D eigenvalue weighted by molar-refractivity contribution is 6.90. The van der Waals surface area contributed by atoms with E-state index in [1.807, 2.05) is 4.90 Å². The number of ether oxygens (including phenoxy) is 3. The van der Waals surface area contributed by atoms with E-state index < -0.39 is 25.3 Å². The summed E-state index contributed by atoms with van der Waals surface area (Å²) in [4.78, 5) is 11.3. The first-order valence-corrected chi connectivity index (χ1v) is 21.0. The normalized spacial score (nSPS) is 18.6. The lowest BCUT2D eigenvalue weighted by Crippen LogP contribution is -2.46. The van der Waals surface area contributed by atoms with Crippen LogP contribution in [0.5, 0.6) is 11.8 Å². The Labute approximate surface area is 312 Å². The number of methoxy groups -OCH3 is 1. The number of hydrogen-bond acceptors (Lipinski definition) is 8. The number of benzene rings is 3. The largest absolute Gasteiger partial charge is 0.468 e. The zero-order valence-corrected chi connectivity index (χ0v) is 33.3. The van der Waals surface area contributed by atoms with Crippen molar-refractivity contribution < 1.29 is 33.2 Å². The van der Waals surface area contributed by atoms with Crippen LogP contribution in [0.2, 0.25) is 16.6 Å². The Hall–Kier alpha value is -3.82. The number of aliphatic hydroxyl groups excluding tert-OH is 1. The van der Waals surface area contributed by atoms with Gasteiger partial charge >= 0.3 is 6.01 Å². The van der Waals surface area contributed by atoms with Gasteiger partial charge in [0.2, 0.25) is 0 Å². The number of fused-ring (bicyclic) bond motifs is 2. The summed E-state index contributed by atoms with van der Waals surface area (Å²) in [6.07, 6.45) is 3.01. The van der Waals surface area contributed by atoms with Crippen molar-refractivity contribution >= 4 is 35.6 Å². The van der Waals surface area contributed by atoms with Crippen molar-refractivity contribution in [3.05, 3.63) is 53.6 Å². The molecule has 2 fully saturated rings. The zero-order valence-electron chi connectivity index (χ0n) is 32.3. The van der Waals surface area contributed by atoms with Gasteiger partial charge < -0.3 is 29.3 Å². The van der Waals surface area contributed by atoms with Gasteiger partial charge in [0.15, 0.2) is 12.6 Å². The van der Waals surface area contributed by atoms with E-state index in [4.69, 9.17) is 19.2 Å². The number of aliphatic hydroxyl groups is 2. The molecule has 3 aromatic carbocycles. The molecular weight excluding hydrogens is 693 g/mol. The first-order valence-electron chi connectivity index (χ1n) is 18.8. The van der Waals surface area contributed by atoms with Gasteiger partial charge in [0, 0.05) is 42.0 Å². The molecule has 0 amide bonds. The number of anilines is 1. The van der Waals surface area contributed by atoms with Crippen molar-refractivity contribution in [1.29, 1.82) is 0 Å². The summed E-state index contributed by atoms with van der Waals surface area (Å²) in [5, 5.41) is 22.5. The molecule has 4 aromatic rings. The molecule has 1 saturated heterocycles. The Bertz CT molecular complexity index is 2030. The third-order valence-electron chi connectivity index (χ3n) is 11.5. The lowest BCUT2D eigenvalue weighted by molar-refractivity contribution is 0.0447. The number of halogens is 2. The van der Waals surface area contributed by atoms with E-state index in [0.717, 1.165) is 19.3 Å². The van der Waals surface area contributed by atoms with Gasteiger partial charge in [-0.1, -0.05) is 59.6 Å². The van der Waals surface area contributed by atoms with Gasteiger partial charge in [-0.15, -0.1) is 5.54 Å². The minimum atomic E-state index is -2.26. The molecule has 1 aromatic heterocycles. The maximum atomic E-state index is 17.4. The van der Waals surface area contributed by atoms with E-state index in [1.54, 1.807) is 37.3 Å². The number of aromatic nitrogens is 2. The van der Waals surface area contributed by atoms with Gasteiger partial charge in [-0.2, -0.15) is 9.97 Å². The molecule has 8 nitrogen and oxygen atoms in total. The van der Waals surface area contributed by atoms with Gasteiger partial charge in [-0.05, 0) is 84.4 Å². The second-order valence-corrected chi connectivity index (χ2v) is 21.9. The Morgan fingerprint density at radius 3 is 2.28 bits per heavy atom. The van der Waals surface area contributed by atoms with Gasteiger partial charge in [-0.3, -0.25) is 0 Å². The van der Waals surface area contributed by atoms with Crippen LogP contribution < -0.4 is 14.4 Å². The molecule has 1 saturated carbocycles. The van der Waals surface area contributed by atoms with E-state index in [9.17, 15) is 10.2 Å². The molecule has 53 heavy (non-hydrogen) atoms. The van der Waals surface area contributed by atoms with Crippen molar-refractivity contribution in [1.82, 2.24) is 9.97 Å². The third kappa shape index (κ3) is 7.61. The standard InChI is InChI=1S/C42H53F2N3O5Si/c1-26(2)53(27(3)4,28(5)6)19-14-32-35(43)13-10-29-20-30(52-25-50-8)21-34(36(29)32)31-11-12-33-38(37(31)44)45-40(51-24-42(23-48)16-17-42)46-39(33)47-18-9-15-41(7,49)22-47/h10-13,20-21,26-28,48-49H,9,15-18,22-25H2,1-8H3. The van der Waals surface area contributed by atoms with Crippen LogP contribution in [-0.2, 0) is 4.74 Å². The number of piperidine rings is 1. The fourth-order valence-corrected chi connectivity index (χ4v) is 13.6. The molecule has 0 radical (unpaired) electrons. The highest BCUT2D eigenvalue weighted by atomic mass is 28.3. The summed E-state index contributed by atoms with van der Waals surface area (Å²) in [6.45, 7) is 16.1. The van der Waals surface area contributed by atoms with Crippen molar-refractivity contribution in [3.63, 3.8) is 0 Å². The molecule has 0 spiro atoms. The Balaban J connectivity index is 1.60. The Kier molecular flexibility index (Phi) is 11.1. The molecule has 1 unspecified atom stereocenters. The smallest absolute Gasteiger partial charge is 0.319 e. The van der Waals surface area contributed by atoms with Crippen LogP contribution in [0, 0.1) is 28.5 Å². The van der Waals surface area contributed by atoms with Gasteiger partial charge in [0.05, 0.1) is 24.4 Å². The predicted molar refractivity (Wildman–Crippen MR) is 209 cm³/mol. The van der Waals surface area contributed by atoms with Crippen molar-refractivity contribution in [2.75, 3.05) is 45.1 Å². The minimum absolute atomic E-state index is 0.00881. The molecule has 6 rings (SSSR count). The van der Waals surface area contributed by atoms with Crippen LogP contribution in [0.3, 0.4) is 0 Å². The summed E-state index contributed by atoms with van der Waals surface area (Å²) in [5.74, 6) is 3.11. The summed E-state index contributed by atoms with van der Waals surface area (Å²) in [5.41, 5.74) is 4.22. The minimum Gasteiger partial charge on any atom is -0.468 e. The van der Waals surface area contributed by atoms with Crippen LogP contribution in [0.4, 0.5) is 14.6 Å². The van der Waals surface area contributed by atoms with Crippen molar-refractivity contribution in [3.8, 4) is 34.4 Å². The molecule has 0 bridgehead atoms. The summed E-state index contributed by atoms with van der Waals surface area (Å²) < 4.78 is 50.6. The molecule has 2 N–H and O–H groups in total. The predicted octanol–water partition coefficient (Wildman–Crippen LogP) is 8.78. The fraction of sp³-hybridized carbons (Fsp3) is 0.524. The molecule has 284 valence electrons. The van der Waals surface area contributed by atoms with Crippen LogP contribution in [-0.4, -0.2) is 74.1 Å². The maximum absolute atomic E-state index is 17.4. The number of rotatable bonds is 12. The Morgan fingerprint density at radius 2 is 1.66 bits per heavy atom. The van der Waals surface area contributed by atoms with E-state index >= 15 is 8.78 Å². The van der Waals surface area contributed by atoms with Crippen molar-refractivity contribution in [2.24, 2.45) is 5.41 Å². The monoisotopic (exact) mass is 745 g/mol. The molecule has 1 aliphatic heterocycles. The molecule has 2 aliphatic rings. The van der Waals surface area contributed by atoms with E-state index in [2.05, 4.69) is 58.0 Å². The second kappa shape index (κ2) is 15.1. The van der Waals surface area contributed by atoms with Crippen LogP contribution in [0.1, 0.15) is 79.7 Å². The summed E-state index contributed by atoms with van der Waals surface area (Å²) in [6, 6.07) is 10.0. The topological polar surface area (TPSA) is 97.2 Å². The third-order valence-corrected chi connectivity index (χ3v) is 17.8. The van der Waals surface area contributed by atoms with Crippen LogP contribution in [0.25, 0.3) is 32.8 Å². The molecule has 2 heterocycles. The second-order valence-electron chi connectivity index (χ2n) is 16.3. The van der Waals surface area contributed by atoms with Crippen LogP contribution in [0.15, 0.2) is 36.4 Å². The molecule has 1 aliphatic carbocycles. The Morgan fingerprint density at radius 1 is 0.943 bits per heavy atom. The van der Waals surface area contributed by atoms with E-state index in [-0.39, 0.29) is 48.1 Å². The molecule has 1 atom stereocenters. The number of hydrogen-bond donors (Lipinski definition) is 2. The van der Waals surface area contributed by atoms with Gasteiger partial charge in [0.1, 0.15) is 31.0 Å². The average Bonchev–Trinajstić information content (AvgIpc) is 3.90. The molecule has 11 heteroatoms. The number of nitrogens with zero attached hydrogens (tertiary/aromatic N) is 3. The summed E-state index contributed by atoms with van der Waals surface area (Å²) in [7, 11) is -0.744. The first-order chi connectivity index (χ1) is 25.1. The quantitative estimate of drug-likeness (QED) is 0.0845. The highest BCUT2D eigenvalue weighted by Gasteiger charge is 2.44. The van der Waals surface area contributed by atoms with E-state index in [0.29, 0.717) is 69.4 Å². The van der Waals surface area contributed by atoms with Gasteiger partial charge in [-0.25, -0.2) is 8.78 Å². The zero-order chi connectivity index (χ0) is 38.3. The maximum Gasteiger partial charge on any atom is 0.319 e. The lowest BCUT2D eigenvalue weighted by atomic mass is 9.92.